The summed E-state index contributed by atoms with van der Waals surface area (Å²) in [7, 11) is 2.02. The zero-order valence-corrected chi connectivity index (χ0v) is 13.1. The van der Waals surface area contributed by atoms with Crippen LogP contribution >= 0.6 is 0 Å². The first kappa shape index (κ1) is 14.1. The molecule has 3 rings (SSSR count). The Morgan fingerprint density at radius 2 is 1.95 bits per heavy atom. The van der Waals surface area contributed by atoms with Crippen LogP contribution in [-0.2, 0) is 13.6 Å². The molecule has 4 heteroatoms. The van der Waals surface area contributed by atoms with E-state index in [9.17, 15) is 0 Å². The van der Waals surface area contributed by atoms with Gasteiger partial charge in [-0.1, -0.05) is 13.8 Å². The average molecular weight is 276 g/mol. The van der Waals surface area contributed by atoms with Crippen LogP contribution in [-0.4, -0.2) is 39.9 Å². The molecule has 1 aliphatic heterocycles. The standard InChI is InChI=1S/C16H28N4/c1-12(2)16-13(11-19(3)18-16)10-17-14-6-8-20(9-7-14)15-4-5-15/h11-12,14-15,17H,4-10H2,1-3H3. The smallest absolute Gasteiger partial charge is 0.0694 e. The van der Waals surface area contributed by atoms with Crippen LogP contribution in [0.3, 0.4) is 0 Å². The van der Waals surface area contributed by atoms with Crippen molar-refractivity contribution in [3.63, 3.8) is 0 Å². The lowest BCUT2D eigenvalue weighted by Crippen LogP contribution is -2.43. The molecular formula is C16H28N4. The molecule has 1 aromatic rings. The quantitative estimate of drug-likeness (QED) is 0.895. The molecule has 1 aliphatic carbocycles. The van der Waals surface area contributed by atoms with Crippen LogP contribution in [0.5, 0.6) is 0 Å². The van der Waals surface area contributed by atoms with E-state index < -0.39 is 0 Å². The molecule has 1 saturated carbocycles. The second-order valence-electron chi connectivity index (χ2n) is 6.79. The molecule has 0 bridgehead atoms. The van der Waals surface area contributed by atoms with Gasteiger partial charge in [-0.15, -0.1) is 0 Å². The molecule has 1 aromatic heterocycles. The fraction of sp³-hybridized carbons (Fsp3) is 0.812. The first-order chi connectivity index (χ1) is 9.63. The van der Waals surface area contributed by atoms with Crippen molar-refractivity contribution in [3.05, 3.63) is 17.5 Å². The lowest BCUT2D eigenvalue weighted by Gasteiger charge is -2.32. The third-order valence-electron chi connectivity index (χ3n) is 4.66. The molecule has 2 heterocycles. The van der Waals surface area contributed by atoms with Crippen molar-refractivity contribution < 1.29 is 0 Å². The Labute approximate surface area is 122 Å². The lowest BCUT2D eigenvalue weighted by molar-refractivity contribution is 0.189. The van der Waals surface area contributed by atoms with Gasteiger partial charge >= 0.3 is 0 Å². The Morgan fingerprint density at radius 3 is 2.55 bits per heavy atom. The van der Waals surface area contributed by atoms with Gasteiger partial charge in [0, 0.05) is 37.4 Å². The molecule has 0 amide bonds. The molecule has 2 fully saturated rings. The maximum Gasteiger partial charge on any atom is 0.0694 e. The maximum absolute atomic E-state index is 4.59. The predicted molar refractivity (Wildman–Crippen MR) is 81.8 cm³/mol. The number of likely N-dealkylation sites (tertiary alicyclic amines) is 1. The summed E-state index contributed by atoms with van der Waals surface area (Å²) in [5, 5.41) is 8.33. The monoisotopic (exact) mass is 276 g/mol. The number of aryl methyl sites for hydroxylation is 1. The molecule has 20 heavy (non-hydrogen) atoms. The molecule has 1 N–H and O–H groups in total. The number of hydrogen-bond donors (Lipinski definition) is 1. The third kappa shape index (κ3) is 3.23. The van der Waals surface area contributed by atoms with E-state index in [2.05, 4.69) is 35.4 Å². The molecule has 0 aromatic carbocycles. The molecule has 112 valence electrons. The summed E-state index contributed by atoms with van der Waals surface area (Å²) >= 11 is 0. The maximum atomic E-state index is 4.59. The fourth-order valence-corrected chi connectivity index (χ4v) is 3.34. The van der Waals surface area contributed by atoms with Gasteiger partial charge in [0.25, 0.3) is 0 Å². The van der Waals surface area contributed by atoms with Crippen molar-refractivity contribution in [2.24, 2.45) is 7.05 Å². The van der Waals surface area contributed by atoms with E-state index in [0.29, 0.717) is 12.0 Å². The van der Waals surface area contributed by atoms with Crippen molar-refractivity contribution in [2.45, 2.75) is 64.1 Å². The fourth-order valence-electron chi connectivity index (χ4n) is 3.34. The van der Waals surface area contributed by atoms with E-state index in [1.54, 1.807) is 0 Å². The Kier molecular flexibility index (Phi) is 4.13. The van der Waals surface area contributed by atoms with Crippen LogP contribution < -0.4 is 5.32 Å². The van der Waals surface area contributed by atoms with E-state index in [-0.39, 0.29) is 0 Å². The Morgan fingerprint density at radius 1 is 1.25 bits per heavy atom. The van der Waals surface area contributed by atoms with Crippen LogP contribution in [0.15, 0.2) is 6.20 Å². The first-order valence-corrected chi connectivity index (χ1v) is 8.13. The summed E-state index contributed by atoms with van der Waals surface area (Å²) in [6, 6.07) is 1.62. The van der Waals surface area contributed by atoms with Gasteiger partial charge in [0.1, 0.15) is 0 Å². The number of nitrogens with one attached hydrogen (secondary N) is 1. The number of aromatic nitrogens is 2. The predicted octanol–water partition coefficient (Wildman–Crippen LogP) is 2.26. The second kappa shape index (κ2) is 5.86. The van der Waals surface area contributed by atoms with E-state index in [4.69, 9.17) is 0 Å². The molecule has 0 radical (unpaired) electrons. The highest BCUT2D eigenvalue weighted by Gasteiger charge is 2.31. The van der Waals surface area contributed by atoms with Gasteiger partial charge in [0.2, 0.25) is 0 Å². The Bertz CT molecular complexity index is 439. The first-order valence-electron chi connectivity index (χ1n) is 8.13. The number of rotatable bonds is 5. The number of piperidine rings is 1. The highest BCUT2D eigenvalue weighted by Crippen LogP contribution is 2.29. The zero-order valence-electron chi connectivity index (χ0n) is 13.1. The van der Waals surface area contributed by atoms with Crippen molar-refractivity contribution in [3.8, 4) is 0 Å². The van der Waals surface area contributed by atoms with Gasteiger partial charge in [0.15, 0.2) is 0 Å². The third-order valence-corrected chi connectivity index (χ3v) is 4.66. The van der Waals surface area contributed by atoms with Gasteiger partial charge in [0.05, 0.1) is 5.69 Å². The molecule has 1 saturated heterocycles. The van der Waals surface area contributed by atoms with Crippen LogP contribution in [0.25, 0.3) is 0 Å². The minimum absolute atomic E-state index is 0.504. The van der Waals surface area contributed by atoms with Crippen LogP contribution in [0, 0.1) is 0 Å². The molecular weight excluding hydrogens is 248 g/mol. The van der Waals surface area contributed by atoms with Crippen molar-refractivity contribution >= 4 is 0 Å². The van der Waals surface area contributed by atoms with Crippen molar-refractivity contribution in [1.29, 1.82) is 0 Å². The number of hydrogen-bond acceptors (Lipinski definition) is 3. The van der Waals surface area contributed by atoms with Gasteiger partial charge in [-0.25, -0.2) is 0 Å². The summed E-state index contributed by atoms with van der Waals surface area (Å²) in [4.78, 5) is 2.68. The Hall–Kier alpha value is -0.870. The van der Waals surface area contributed by atoms with Gasteiger partial charge in [-0.2, -0.15) is 5.10 Å². The van der Waals surface area contributed by atoms with Crippen LogP contribution in [0.1, 0.15) is 56.7 Å². The normalized spacial score (nSPS) is 21.8. The zero-order chi connectivity index (χ0) is 14.1. The van der Waals surface area contributed by atoms with Crippen molar-refractivity contribution in [1.82, 2.24) is 20.0 Å². The number of nitrogens with zero attached hydrogens (tertiary/aromatic N) is 3. The van der Waals surface area contributed by atoms with Gasteiger partial charge in [-0.3, -0.25) is 4.68 Å². The van der Waals surface area contributed by atoms with Crippen molar-refractivity contribution in [2.75, 3.05) is 13.1 Å². The summed E-state index contributed by atoms with van der Waals surface area (Å²) in [6.45, 7) is 7.98. The summed E-state index contributed by atoms with van der Waals surface area (Å²) in [5.74, 6) is 0.504. The Balaban J connectivity index is 1.49. The molecule has 0 spiro atoms. The summed E-state index contributed by atoms with van der Waals surface area (Å²) in [6.07, 6.45) is 7.64. The molecule has 2 aliphatic rings. The highest BCUT2D eigenvalue weighted by molar-refractivity contribution is 5.20. The highest BCUT2D eigenvalue weighted by atomic mass is 15.3. The van der Waals surface area contributed by atoms with Gasteiger partial charge in [-0.05, 0) is 44.7 Å². The van der Waals surface area contributed by atoms with Crippen LogP contribution in [0.2, 0.25) is 0 Å². The largest absolute Gasteiger partial charge is 0.310 e. The van der Waals surface area contributed by atoms with E-state index >= 15 is 0 Å². The topological polar surface area (TPSA) is 33.1 Å². The van der Waals surface area contributed by atoms with E-state index in [0.717, 1.165) is 12.6 Å². The molecule has 4 nitrogen and oxygen atoms in total. The minimum atomic E-state index is 0.504. The molecule has 0 atom stereocenters. The summed E-state index contributed by atoms with van der Waals surface area (Å²) in [5.41, 5.74) is 2.61. The second-order valence-corrected chi connectivity index (χ2v) is 6.79. The molecule has 0 unspecified atom stereocenters. The van der Waals surface area contributed by atoms with E-state index in [1.807, 2.05) is 11.7 Å². The lowest BCUT2D eigenvalue weighted by atomic mass is 10.0. The van der Waals surface area contributed by atoms with Gasteiger partial charge < -0.3 is 10.2 Å². The minimum Gasteiger partial charge on any atom is -0.310 e. The summed E-state index contributed by atoms with van der Waals surface area (Å²) < 4.78 is 1.95. The average Bonchev–Trinajstić information content (AvgIpc) is 3.20. The SMILES string of the molecule is CC(C)c1nn(C)cc1CNC1CCN(C2CC2)CC1. The van der Waals surface area contributed by atoms with E-state index in [1.165, 1.54) is 50.0 Å². The van der Waals surface area contributed by atoms with Crippen LogP contribution in [0.4, 0.5) is 0 Å².